The standard InChI is InChI=1S/C45H33N3O/c1-44(2)33-19-11-8-16-28(33)29-23-22-27(24-35(29)44)42-46-41(26-14-6-5-7-15-26)47-43(48-42)32-25-36-38(30-17-9-12-20-34(30)45(36,3)4)39-31-18-10-13-21-37(31)49-40(32)39/h5-25H,1-4H3. The molecule has 0 unspecified atom stereocenters. The first kappa shape index (κ1) is 28.2. The number of hydrogen-bond acceptors (Lipinski definition) is 4. The average Bonchev–Trinajstić information content (AvgIpc) is 3.71. The molecule has 2 aromatic heterocycles. The third kappa shape index (κ3) is 3.89. The lowest BCUT2D eigenvalue weighted by Crippen LogP contribution is -2.15. The zero-order chi connectivity index (χ0) is 33.1. The van der Waals surface area contributed by atoms with Gasteiger partial charge in [0.25, 0.3) is 0 Å². The highest BCUT2D eigenvalue weighted by Crippen LogP contribution is 2.55. The van der Waals surface area contributed by atoms with E-state index in [-0.39, 0.29) is 10.8 Å². The van der Waals surface area contributed by atoms with E-state index in [1.807, 2.05) is 24.3 Å². The largest absolute Gasteiger partial charge is 0.455 e. The van der Waals surface area contributed by atoms with Crippen LogP contribution in [0.25, 0.3) is 78.4 Å². The Hall–Kier alpha value is -5.87. The fourth-order valence-electron chi connectivity index (χ4n) is 8.42. The Morgan fingerprint density at radius 2 is 1.04 bits per heavy atom. The van der Waals surface area contributed by atoms with Gasteiger partial charge in [-0.25, -0.2) is 15.0 Å². The third-order valence-corrected chi connectivity index (χ3v) is 10.9. The van der Waals surface area contributed by atoms with Crippen LogP contribution < -0.4 is 0 Å². The Labute approximate surface area is 285 Å². The quantitative estimate of drug-likeness (QED) is 0.195. The van der Waals surface area contributed by atoms with Crippen molar-refractivity contribution in [3.63, 3.8) is 0 Å². The van der Waals surface area contributed by atoms with Crippen LogP contribution in [0.3, 0.4) is 0 Å². The van der Waals surface area contributed by atoms with Crippen molar-refractivity contribution in [2.45, 2.75) is 38.5 Å². The zero-order valence-corrected chi connectivity index (χ0v) is 27.9. The van der Waals surface area contributed by atoms with Crippen molar-refractivity contribution in [3.05, 3.63) is 150 Å². The van der Waals surface area contributed by atoms with Gasteiger partial charge in [0.1, 0.15) is 11.2 Å². The lowest BCUT2D eigenvalue weighted by molar-refractivity contribution is 0.657. The third-order valence-electron chi connectivity index (χ3n) is 10.9. The van der Waals surface area contributed by atoms with E-state index >= 15 is 0 Å². The molecule has 0 bridgehead atoms. The fourth-order valence-corrected chi connectivity index (χ4v) is 8.42. The molecule has 0 atom stereocenters. The smallest absolute Gasteiger partial charge is 0.167 e. The maximum absolute atomic E-state index is 6.76. The van der Waals surface area contributed by atoms with Crippen LogP contribution in [0.2, 0.25) is 0 Å². The topological polar surface area (TPSA) is 51.8 Å². The maximum Gasteiger partial charge on any atom is 0.167 e. The van der Waals surface area contributed by atoms with Crippen LogP contribution in [0.4, 0.5) is 0 Å². The number of nitrogens with zero attached hydrogens (tertiary/aromatic N) is 3. The number of rotatable bonds is 3. The fraction of sp³-hybridized carbons (Fsp3) is 0.133. The predicted octanol–water partition coefficient (Wildman–Crippen LogP) is 11.4. The van der Waals surface area contributed by atoms with Gasteiger partial charge in [0.2, 0.25) is 0 Å². The van der Waals surface area contributed by atoms with E-state index in [2.05, 4.69) is 131 Å². The normalized spacial score (nSPS) is 14.9. The molecule has 0 saturated heterocycles. The first-order valence-corrected chi connectivity index (χ1v) is 17.0. The number of fused-ring (bicyclic) bond motifs is 10. The number of benzene rings is 6. The van der Waals surface area contributed by atoms with Crippen molar-refractivity contribution < 1.29 is 4.42 Å². The van der Waals surface area contributed by atoms with Gasteiger partial charge >= 0.3 is 0 Å². The summed E-state index contributed by atoms with van der Waals surface area (Å²) in [6.45, 7) is 9.23. The summed E-state index contributed by atoms with van der Waals surface area (Å²) in [5.41, 5.74) is 14.3. The molecule has 0 aliphatic heterocycles. The molecule has 0 N–H and O–H groups in total. The van der Waals surface area contributed by atoms with E-state index in [4.69, 9.17) is 19.4 Å². The minimum atomic E-state index is -0.216. The molecule has 0 amide bonds. The highest BCUT2D eigenvalue weighted by Gasteiger charge is 2.39. The second-order valence-corrected chi connectivity index (χ2v) is 14.4. The molecule has 6 aromatic carbocycles. The average molecular weight is 632 g/mol. The molecule has 0 fully saturated rings. The van der Waals surface area contributed by atoms with Crippen molar-refractivity contribution in [3.8, 4) is 56.4 Å². The number of para-hydroxylation sites is 1. The molecule has 0 spiro atoms. The monoisotopic (exact) mass is 631 g/mol. The van der Waals surface area contributed by atoms with Crippen LogP contribution in [-0.2, 0) is 10.8 Å². The van der Waals surface area contributed by atoms with Gasteiger partial charge in [0.15, 0.2) is 17.5 Å². The summed E-state index contributed by atoms with van der Waals surface area (Å²) in [7, 11) is 0. The van der Waals surface area contributed by atoms with Crippen LogP contribution >= 0.6 is 0 Å². The molecule has 2 heterocycles. The van der Waals surface area contributed by atoms with Gasteiger partial charge in [0, 0.05) is 32.7 Å². The van der Waals surface area contributed by atoms with E-state index in [9.17, 15) is 0 Å². The maximum atomic E-state index is 6.76. The molecule has 2 aliphatic carbocycles. The van der Waals surface area contributed by atoms with Gasteiger partial charge < -0.3 is 4.42 Å². The van der Waals surface area contributed by atoms with Gasteiger partial charge in [-0.2, -0.15) is 0 Å². The van der Waals surface area contributed by atoms with Crippen LogP contribution in [0.5, 0.6) is 0 Å². The van der Waals surface area contributed by atoms with E-state index in [0.29, 0.717) is 17.5 Å². The van der Waals surface area contributed by atoms with E-state index in [1.165, 1.54) is 44.5 Å². The summed E-state index contributed by atoms with van der Waals surface area (Å²) in [6, 6.07) is 45.0. The SMILES string of the molecule is CC1(C)c2ccccc2-c2ccc(-c3nc(-c4ccccc4)nc(-c4cc5c(c6c4oc4ccccc46)-c4ccccc4C5(C)C)n3)cc21. The Kier molecular flexibility index (Phi) is 5.65. The summed E-state index contributed by atoms with van der Waals surface area (Å²) in [5.74, 6) is 1.88. The molecular weight excluding hydrogens is 599 g/mol. The highest BCUT2D eigenvalue weighted by molar-refractivity contribution is 6.18. The summed E-state index contributed by atoms with van der Waals surface area (Å²) in [4.78, 5) is 15.6. The van der Waals surface area contributed by atoms with Crippen molar-refractivity contribution in [2.75, 3.05) is 0 Å². The Morgan fingerprint density at radius 3 is 1.84 bits per heavy atom. The number of hydrogen-bond donors (Lipinski definition) is 0. The van der Waals surface area contributed by atoms with Gasteiger partial charge in [-0.15, -0.1) is 0 Å². The number of furan rings is 1. The van der Waals surface area contributed by atoms with Crippen molar-refractivity contribution >= 4 is 21.9 Å². The van der Waals surface area contributed by atoms with Crippen LogP contribution in [0.1, 0.15) is 49.9 Å². The lowest BCUT2D eigenvalue weighted by atomic mass is 9.81. The molecule has 4 nitrogen and oxygen atoms in total. The first-order valence-electron chi connectivity index (χ1n) is 17.0. The second-order valence-electron chi connectivity index (χ2n) is 14.4. The van der Waals surface area contributed by atoms with Crippen molar-refractivity contribution in [1.29, 1.82) is 0 Å². The van der Waals surface area contributed by atoms with Gasteiger partial charge in [-0.05, 0) is 62.7 Å². The Bertz CT molecular complexity index is 2660. The van der Waals surface area contributed by atoms with E-state index in [1.54, 1.807) is 0 Å². The minimum absolute atomic E-state index is 0.138. The first-order chi connectivity index (χ1) is 23.8. The molecule has 234 valence electrons. The second kappa shape index (κ2) is 9.83. The molecule has 4 heteroatoms. The zero-order valence-electron chi connectivity index (χ0n) is 27.9. The molecule has 0 saturated carbocycles. The molecule has 0 radical (unpaired) electrons. The lowest BCUT2D eigenvalue weighted by Gasteiger charge is -2.22. The van der Waals surface area contributed by atoms with Crippen molar-refractivity contribution in [1.82, 2.24) is 15.0 Å². The molecule has 10 rings (SSSR count). The molecule has 2 aliphatic rings. The molecule has 49 heavy (non-hydrogen) atoms. The van der Waals surface area contributed by atoms with Crippen LogP contribution in [0, 0.1) is 0 Å². The summed E-state index contributed by atoms with van der Waals surface area (Å²) < 4.78 is 6.76. The van der Waals surface area contributed by atoms with Crippen LogP contribution in [-0.4, -0.2) is 15.0 Å². The predicted molar refractivity (Wildman–Crippen MR) is 199 cm³/mol. The highest BCUT2D eigenvalue weighted by atomic mass is 16.3. The number of aromatic nitrogens is 3. The van der Waals surface area contributed by atoms with E-state index < -0.39 is 0 Å². The summed E-state index contributed by atoms with van der Waals surface area (Å²) in [6.07, 6.45) is 0. The van der Waals surface area contributed by atoms with Gasteiger partial charge in [-0.1, -0.05) is 137 Å². The summed E-state index contributed by atoms with van der Waals surface area (Å²) in [5, 5.41) is 2.21. The Morgan fingerprint density at radius 1 is 0.449 bits per heavy atom. The molecular formula is C45H33N3O. The van der Waals surface area contributed by atoms with Crippen LogP contribution in [0.15, 0.2) is 132 Å². The minimum Gasteiger partial charge on any atom is -0.455 e. The Balaban J connectivity index is 1.26. The van der Waals surface area contributed by atoms with Crippen molar-refractivity contribution in [2.24, 2.45) is 0 Å². The summed E-state index contributed by atoms with van der Waals surface area (Å²) >= 11 is 0. The van der Waals surface area contributed by atoms with E-state index in [0.717, 1.165) is 38.6 Å². The van der Waals surface area contributed by atoms with Gasteiger partial charge in [0.05, 0.1) is 5.56 Å². The molecule has 8 aromatic rings. The van der Waals surface area contributed by atoms with Gasteiger partial charge in [-0.3, -0.25) is 0 Å².